The van der Waals surface area contributed by atoms with Gasteiger partial charge < -0.3 is 24.6 Å². The fraction of sp³-hybridized carbons (Fsp3) is 0.476. The van der Waals surface area contributed by atoms with Gasteiger partial charge in [0.2, 0.25) is 0 Å². The molecule has 0 saturated carbocycles. The lowest BCUT2D eigenvalue weighted by Gasteiger charge is -2.36. The Morgan fingerprint density at radius 3 is 2.43 bits per heavy atom. The van der Waals surface area contributed by atoms with Crippen molar-refractivity contribution in [3.63, 3.8) is 0 Å². The molecule has 0 spiro atoms. The van der Waals surface area contributed by atoms with E-state index in [-0.39, 0.29) is 24.9 Å². The van der Waals surface area contributed by atoms with Crippen LogP contribution in [0.3, 0.4) is 0 Å². The monoisotopic (exact) mass is 436 g/mol. The van der Waals surface area contributed by atoms with Gasteiger partial charge in [-0.25, -0.2) is 4.79 Å². The number of amides is 2. The van der Waals surface area contributed by atoms with Gasteiger partial charge in [0.05, 0.1) is 39.3 Å². The maximum absolute atomic E-state index is 12.9. The lowest BCUT2D eigenvalue weighted by molar-refractivity contribution is -0.912. The number of quaternary nitrogens is 1. The summed E-state index contributed by atoms with van der Waals surface area (Å²) in [7, 11) is 2.82. The Labute approximate surface area is 181 Å². The standard InChI is InChI=1S/C21H29N3O5S/c1-16(8-12-28-2)22-18(25)14-24(10-6-4-5-7-11-24)15-19(26)23-17-9-13-30-20(17)21(27)29-3/h8-9,12-13H,1,4-7,10-11,14-15H2,2-3H3,(H-,22,23,25,26,27)/p+1/b12-8-. The summed E-state index contributed by atoms with van der Waals surface area (Å²) >= 11 is 1.21. The molecule has 8 nitrogen and oxygen atoms in total. The molecule has 1 aromatic rings. The lowest BCUT2D eigenvalue weighted by atomic mass is 10.2. The molecule has 1 fully saturated rings. The number of nitrogens with one attached hydrogen (secondary N) is 2. The van der Waals surface area contributed by atoms with Gasteiger partial charge in [0.1, 0.15) is 4.88 Å². The number of nitrogens with zero attached hydrogens (tertiary/aromatic N) is 1. The number of rotatable bonds is 9. The molecule has 9 heteroatoms. The highest BCUT2D eigenvalue weighted by Gasteiger charge is 2.34. The van der Waals surface area contributed by atoms with E-state index in [4.69, 9.17) is 9.47 Å². The Balaban J connectivity index is 2.08. The highest BCUT2D eigenvalue weighted by Crippen LogP contribution is 2.24. The molecule has 0 aromatic carbocycles. The molecule has 0 aliphatic carbocycles. The van der Waals surface area contributed by atoms with Crippen LogP contribution in [0.1, 0.15) is 35.4 Å². The molecule has 0 unspecified atom stereocenters. The predicted octanol–water partition coefficient (Wildman–Crippen LogP) is 2.65. The molecule has 0 radical (unpaired) electrons. The first kappa shape index (κ1) is 23.6. The number of hydrogen-bond acceptors (Lipinski definition) is 6. The lowest BCUT2D eigenvalue weighted by Crippen LogP contribution is -2.57. The molecule has 1 aromatic heterocycles. The van der Waals surface area contributed by atoms with Crippen LogP contribution in [0.15, 0.2) is 36.1 Å². The van der Waals surface area contributed by atoms with Gasteiger partial charge in [0.15, 0.2) is 13.1 Å². The molecule has 0 bridgehead atoms. The van der Waals surface area contributed by atoms with Gasteiger partial charge in [-0.05, 0) is 43.2 Å². The van der Waals surface area contributed by atoms with Gasteiger partial charge in [-0.2, -0.15) is 0 Å². The van der Waals surface area contributed by atoms with Gasteiger partial charge >= 0.3 is 5.97 Å². The number of hydrogen-bond donors (Lipinski definition) is 2. The zero-order valence-corrected chi connectivity index (χ0v) is 18.4. The van der Waals surface area contributed by atoms with Crippen LogP contribution in [0, 0.1) is 0 Å². The van der Waals surface area contributed by atoms with E-state index in [1.54, 1.807) is 17.5 Å². The smallest absolute Gasteiger partial charge is 0.350 e. The third kappa shape index (κ3) is 7.00. The summed E-state index contributed by atoms with van der Waals surface area (Å²) in [6.45, 7) is 5.61. The van der Waals surface area contributed by atoms with Crippen LogP contribution >= 0.6 is 11.3 Å². The van der Waals surface area contributed by atoms with Crippen LogP contribution < -0.4 is 10.6 Å². The van der Waals surface area contributed by atoms with Crippen molar-refractivity contribution in [2.75, 3.05) is 45.7 Å². The number of carbonyl (C=O) groups is 3. The van der Waals surface area contributed by atoms with E-state index < -0.39 is 5.97 Å². The van der Waals surface area contributed by atoms with E-state index >= 15 is 0 Å². The Kier molecular flexibility index (Phi) is 9.07. The number of thiophene rings is 1. The van der Waals surface area contributed by atoms with Crippen LogP contribution in [0.4, 0.5) is 5.69 Å². The van der Waals surface area contributed by atoms with Gasteiger partial charge in [0.25, 0.3) is 11.8 Å². The van der Waals surface area contributed by atoms with Crippen LogP contribution in [0.2, 0.25) is 0 Å². The SMILES string of the molecule is C=C(/C=C\OC)NC(=O)C[N+]1(CC(=O)Nc2ccsc2C(=O)OC)CCCCCC1. The summed E-state index contributed by atoms with van der Waals surface area (Å²) in [6, 6.07) is 1.68. The van der Waals surface area contributed by atoms with Crippen molar-refractivity contribution in [2.24, 2.45) is 0 Å². The van der Waals surface area contributed by atoms with E-state index in [0.29, 0.717) is 20.7 Å². The number of likely N-dealkylation sites (tertiary alicyclic amines) is 1. The molecule has 2 heterocycles. The van der Waals surface area contributed by atoms with Crippen molar-refractivity contribution in [2.45, 2.75) is 25.7 Å². The molecule has 2 N–H and O–H groups in total. The van der Waals surface area contributed by atoms with Crippen molar-refractivity contribution in [1.82, 2.24) is 5.32 Å². The minimum atomic E-state index is -0.485. The number of methoxy groups -OCH3 is 2. The van der Waals surface area contributed by atoms with E-state index in [1.165, 1.54) is 31.8 Å². The Morgan fingerprint density at radius 1 is 1.13 bits per heavy atom. The average Bonchev–Trinajstić information content (AvgIpc) is 3.04. The molecule has 1 aliphatic rings. The molecule has 2 rings (SSSR count). The number of anilines is 1. The third-order valence-corrected chi connectivity index (χ3v) is 5.88. The third-order valence-electron chi connectivity index (χ3n) is 4.99. The number of ether oxygens (including phenoxy) is 2. The molecular formula is C21H30N3O5S+. The molecule has 2 amide bonds. The average molecular weight is 437 g/mol. The quantitative estimate of drug-likeness (QED) is 0.269. The summed E-state index contributed by atoms with van der Waals surface area (Å²) in [5, 5.41) is 7.30. The predicted molar refractivity (Wildman–Crippen MR) is 116 cm³/mol. The van der Waals surface area contributed by atoms with Crippen molar-refractivity contribution in [3.05, 3.63) is 40.9 Å². The fourth-order valence-corrected chi connectivity index (χ4v) is 4.37. The topological polar surface area (TPSA) is 93.7 Å². The highest BCUT2D eigenvalue weighted by molar-refractivity contribution is 7.12. The highest BCUT2D eigenvalue weighted by atomic mass is 32.1. The second-order valence-electron chi connectivity index (χ2n) is 7.33. The zero-order valence-electron chi connectivity index (χ0n) is 17.6. The largest absolute Gasteiger partial charge is 0.504 e. The zero-order chi connectivity index (χ0) is 22.0. The second kappa shape index (κ2) is 11.5. The molecule has 1 aliphatic heterocycles. The number of esters is 1. The van der Waals surface area contributed by atoms with Crippen molar-refractivity contribution in [1.29, 1.82) is 0 Å². The van der Waals surface area contributed by atoms with Gasteiger partial charge in [-0.1, -0.05) is 6.58 Å². The van der Waals surface area contributed by atoms with Crippen LogP contribution in [-0.2, 0) is 19.1 Å². The second-order valence-corrected chi connectivity index (χ2v) is 8.25. The van der Waals surface area contributed by atoms with E-state index in [1.807, 2.05) is 0 Å². The molecule has 164 valence electrons. The first-order valence-corrected chi connectivity index (χ1v) is 10.8. The summed E-state index contributed by atoms with van der Waals surface area (Å²) < 4.78 is 9.97. The van der Waals surface area contributed by atoms with E-state index in [9.17, 15) is 14.4 Å². The Morgan fingerprint density at radius 2 is 1.80 bits per heavy atom. The summed E-state index contributed by atoms with van der Waals surface area (Å²) in [4.78, 5) is 37.7. The molecule has 1 saturated heterocycles. The van der Waals surface area contributed by atoms with Crippen molar-refractivity contribution in [3.8, 4) is 0 Å². The first-order valence-electron chi connectivity index (χ1n) is 9.88. The normalized spacial score (nSPS) is 15.8. The fourth-order valence-electron chi connectivity index (χ4n) is 3.60. The minimum absolute atomic E-state index is 0.157. The van der Waals surface area contributed by atoms with Crippen molar-refractivity contribution >= 4 is 34.8 Å². The minimum Gasteiger partial charge on any atom is -0.504 e. The Bertz CT molecular complexity index is 794. The number of allylic oxidation sites excluding steroid dienone is 1. The molecular weight excluding hydrogens is 406 g/mol. The Hall–Kier alpha value is -2.65. The van der Waals surface area contributed by atoms with Crippen LogP contribution in [-0.4, -0.2) is 62.7 Å². The van der Waals surface area contributed by atoms with Gasteiger partial charge in [-0.15, -0.1) is 11.3 Å². The van der Waals surface area contributed by atoms with Crippen LogP contribution in [0.25, 0.3) is 0 Å². The van der Waals surface area contributed by atoms with E-state index in [0.717, 1.165) is 38.8 Å². The molecule has 30 heavy (non-hydrogen) atoms. The summed E-state index contributed by atoms with van der Waals surface area (Å²) in [5.41, 5.74) is 0.868. The van der Waals surface area contributed by atoms with Gasteiger partial charge in [0, 0.05) is 5.70 Å². The van der Waals surface area contributed by atoms with Crippen LogP contribution in [0.5, 0.6) is 0 Å². The van der Waals surface area contributed by atoms with Crippen molar-refractivity contribution < 1.29 is 28.3 Å². The summed E-state index contributed by atoms with van der Waals surface area (Å²) in [5.74, 6) is -0.909. The maximum atomic E-state index is 12.9. The maximum Gasteiger partial charge on any atom is 0.350 e. The van der Waals surface area contributed by atoms with E-state index in [2.05, 4.69) is 17.2 Å². The molecule has 0 atom stereocenters. The summed E-state index contributed by atoms with van der Waals surface area (Å²) in [6.07, 6.45) is 7.09. The number of carbonyl (C=O) groups excluding carboxylic acids is 3. The first-order chi connectivity index (χ1) is 14.4. The van der Waals surface area contributed by atoms with Gasteiger partial charge in [-0.3, -0.25) is 9.59 Å².